The molecule has 124 valence electrons. The lowest BCUT2D eigenvalue weighted by Gasteiger charge is -2.17. The molecular weight excluding hydrogens is 310 g/mol. The zero-order valence-electron chi connectivity index (χ0n) is 13.9. The fourth-order valence-electron chi connectivity index (χ4n) is 2.64. The highest BCUT2D eigenvalue weighted by Crippen LogP contribution is 2.31. The van der Waals surface area contributed by atoms with Gasteiger partial charge in [0, 0.05) is 32.8 Å². The average molecular weight is 333 g/mol. The molecule has 1 aliphatic heterocycles. The molecule has 1 aliphatic rings. The normalized spacial score (nSPS) is 14.7. The van der Waals surface area contributed by atoms with Gasteiger partial charge in [-0.15, -0.1) is 0 Å². The number of carbonyl (C=O) groups excluding carboxylic acids is 1. The minimum Gasteiger partial charge on any atom is -0.465 e. The van der Waals surface area contributed by atoms with Gasteiger partial charge in [0.1, 0.15) is 11.4 Å². The summed E-state index contributed by atoms with van der Waals surface area (Å²) in [6, 6.07) is 1.11. The number of hydrogen-bond acceptors (Lipinski definition) is 4. The number of rotatable bonds is 6. The van der Waals surface area contributed by atoms with Crippen molar-refractivity contribution in [1.82, 2.24) is 15.3 Å². The summed E-state index contributed by atoms with van der Waals surface area (Å²) < 4.78 is 11.4. The van der Waals surface area contributed by atoms with Crippen LogP contribution in [0, 0.1) is 0 Å². The lowest BCUT2D eigenvalue weighted by atomic mass is 10.0. The Morgan fingerprint density at radius 3 is 2.96 bits per heavy atom. The van der Waals surface area contributed by atoms with E-state index in [0.717, 1.165) is 41.3 Å². The molecule has 2 N–H and O–H groups in total. The van der Waals surface area contributed by atoms with E-state index in [2.05, 4.69) is 34.9 Å². The van der Waals surface area contributed by atoms with E-state index < -0.39 is 8.07 Å². The Balaban J connectivity index is 1.72. The fourth-order valence-corrected chi connectivity index (χ4v) is 3.40. The van der Waals surface area contributed by atoms with Crippen molar-refractivity contribution in [2.75, 3.05) is 19.9 Å². The molecule has 0 atom stereocenters. The van der Waals surface area contributed by atoms with E-state index >= 15 is 0 Å². The minimum absolute atomic E-state index is 0.119. The van der Waals surface area contributed by atoms with Crippen molar-refractivity contribution in [3.8, 4) is 5.75 Å². The highest BCUT2D eigenvalue weighted by molar-refractivity contribution is 6.76. The van der Waals surface area contributed by atoms with E-state index in [9.17, 15) is 4.79 Å². The van der Waals surface area contributed by atoms with E-state index in [1.165, 1.54) is 0 Å². The fraction of sp³-hybridized carbons (Fsp3) is 0.500. The number of nitrogens with one attached hydrogen (secondary N) is 2. The maximum absolute atomic E-state index is 11.9. The molecule has 0 fully saturated rings. The Kier molecular flexibility index (Phi) is 4.41. The van der Waals surface area contributed by atoms with Crippen molar-refractivity contribution in [2.24, 2.45) is 0 Å². The van der Waals surface area contributed by atoms with Crippen LogP contribution in [0.2, 0.25) is 25.7 Å². The molecule has 2 aromatic rings. The molecule has 0 aliphatic carbocycles. The summed E-state index contributed by atoms with van der Waals surface area (Å²) in [6.07, 6.45) is 4.25. The van der Waals surface area contributed by atoms with Crippen molar-refractivity contribution in [2.45, 2.75) is 32.1 Å². The van der Waals surface area contributed by atoms with Gasteiger partial charge in [-0.25, -0.2) is 4.98 Å². The van der Waals surface area contributed by atoms with Gasteiger partial charge in [0.15, 0.2) is 6.79 Å². The summed E-state index contributed by atoms with van der Waals surface area (Å²) in [5.74, 6) is 0.605. The third-order valence-electron chi connectivity index (χ3n) is 3.95. The number of ether oxygens (including phenoxy) is 2. The first-order valence-electron chi connectivity index (χ1n) is 7.93. The molecule has 2 aromatic heterocycles. The van der Waals surface area contributed by atoms with Crippen LogP contribution < -0.4 is 10.1 Å². The Hall–Kier alpha value is -1.86. The molecule has 1 amide bonds. The standard InChI is InChI=1S/C16H23N3O3Si/c1-23(2,3)7-6-21-10-22-13-9-18-12-8-19-15-11(14(12)13)4-5-17-16(15)20/h8-9,18H,4-7,10H2,1-3H3,(H,17,20). The van der Waals surface area contributed by atoms with Gasteiger partial charge in [-0.1, -0.05) is 19.6 Å². The molecule has 0 unspecified atom stereocenters. The number of pyridine rings is 1. The monoisotopic (exact) mass is 333 g/mol. The molecule has 3 rings (SSSR count). The first-order valence-corrected chi connectivity index (χ1v) is 11.6. The number of nitrogens with zero attached hydrogens (tertiary/aromatic N) is 1. The van der Waals surface area contributed by atoms with Crippen LogP contribution in [0.5, 0.6) is 5.75 Å². The molecule has 0 bridgehead atoms. The van der Waals surface area contributed by atoms with Crippen LogP contribution in [0.4, 0.5) is 0 Å². The van der Waals surface area contributed by atoms with Crippen LogP contribution in [-0.4, -0.2) is 43.9 Å². The van der Waals surface area contributed by atoms with Gasteiger partial charge in [-0.3, -0.25) is 4.79 Å². The maximum atomic E-state index is 11.9. The summed E-state index contributed by atoms with van der Waals surface area (Å²) in [4.78, 5) is 19.3. The Labute approximate surface area is 136 Å². The van der Waals surface area contributed by atoms with Crippen molar-refractivity contribution in [3.63, 3.8) is 0 Å². The van der Waals surface area contributed by atoms with Gasteiger partial charge >= 0.3 is 0 Å². The molecule has 0 aromatic carbocycles. The smallest absolute Gasteiger partial charge is 0.270 e. The number of carbonyl (C=O) groups is 1. The second-order valence-corrected chi connectivity index (χ2v) is 12.6. The lowest BCUT2D eigenvalue weighted by molar-refractivity contribution is 0.0229. The minimum atomic E-state index is -1.08. The summed E-state index contributed by atoms with van der Waals surface area (Å²) in [5, 5.41) is 3.76. The Morgan fingerprint density at radius 1 is 1.35 bits per heavy atom. The van der Waals surface area contributed by atoms with E-state index in [1.54, 1.807) is 12.4 Å². The van der Waals surface area contributed by atoms with Crippen molar-refractivity contribution < 1.29 is 14.3 Å². The Bertz CT molecular complexity index is 721. The number of aromatic amines is 1. The van der Waals surface area contributed by atoms with Crippen LogP contribution in [0.25, 0.3) is 10.9 Å². The molecule has 0 saturated carbocycles. The molecule has 23 heavy (non-hydrogen) atoms. The van der Waals surface area contributed by atoms with Crippen molar-refractivity contribution in [3.05, 3.63) is 23.7 Å². The van der Waals surface area contributed by atoms with Gasteiger partial charge in [0.25, 0.3) is 5.91 Å². The van der Waals surface area contributed by atoms with Crippen LogP contribution in [0.3, 0.4) is 0 Å². The highest BCUT2D eigenvalue weighted by atomic mass is 28.3. The first kappa shape index (κ1) is 16.0. The van der Waals surface area contributed by atoms with Gasteiger partial charge in [0.2, 0.25) is 0 Å². The largest absolute Gasteiger partial charge is 0.465 e. The number of hydrogen-bond donors (Lipinski definition) is 2. The van der Waals surface area contributed by atoms with Gasteiger partial charge in [-0.05, 0) is 18.0 Å². The van der Waals surface area contributed by atoms with Gasteiger partial charge < -0.3 is 19.8 Å². The Morgan fingerprint density at radius 2 is 2.17 bits per heavy atom. The second-order valence-electron chi connectivity index (χ2n) is 7.01. The van der Waals surface area contributed by atoms with Gasteiger partial charge in [0.05, 0.1) is 11.7 Å². The summed E-state index contributed by atoms with van der Waals surface area (Å²) in [5.41, 5.74) is 2.33. The molecule has 0 radical (unpaired) electrons. The molecule has 0 saturated heterocycles. The summed E-state index contributed by atoms with van der Waals surface area (Å²) in [6.45, 7) is 8.54. The van der Waals surface area contributed by atoms with Crippen LogP contribution in [0.1, 0.15) is 16.1 Å². The zero-order chi connectivity index (χ0) is 16.4. The maximum Gasteiger partial charge on any atom is 0.270 e. The number of H-pyrrole nitrogens is 1. The lowest BCUT2D eigenvalue weighted by Crippen LogP contribution is -2.32. The van der Waals surface area contributed by atoms with Crippen molar-refractivity contribution >= 4 is 24.9 Å². The van der Waals surface area contributed by atoms with Crippen molar-refractivity contribution in [1.29, 1.82) is 0 Å². The first-order chi connectivity index (χ1) is 11.0. The second kappa shape index (κ2) is 6.33. The molecule has 3 heterocycles. The third kappa shape index (κ3) is 3.56. The molecule has 6 nitrogen and oxygen atoms in total. The van der Waals surface area contributed by atoms with Gasteiger partial charge in [-0.2, -0.15) is 0 Å². The predicted molar refractivity (Wildman–Crippen MR) is 91.7 cm³/mol. The van der Waals surface area contributed by atoms with Crippen LogP contribution in [-0.2, 0) is 11.2 Å². The number of fused-ring (bicyclic) bond motifs is 3. The van der Waals surface area contributed by atoms with E-state index in [1.807, 2.05) is 0 Å². The predicted octanol–water partition coefficient (Wildman–Crippen LogP) is 2.54. The summed E-state index contributed by atoms with van der Waals surface area (Å²) in [7, 11) is -1.08. The van der Waals surface area contributed by atoms with Crippen LogP contribution in [0.15, 0.2) is 12.4 Å². The molecule has 0 spiro atoms. The average Bonchev–Trinajstić information content (AvgIpc) is 2.90. The quantitative estimate of drug-likeness (QED) is 0.484. The SMILES string of the molecule is C[Si](C)(C)CCOCOc1c[nH]c2cnc3c(c12)CCNC3=O. The third-order valence-corrected chi connectivity index (χ3v) is 5.66. The topological polar surface area (TPSA) is 76.2 Å². The van der Waals surface area contributed by atoms with E-state index in [0.29, 0.717) is 12.2 Å². The highest BCUT2D eigenvalue weighted by Gasteiger charge is 2.23. The zero-order valence-corrected chi connectivity index (χ0v) is 14.9. The number of aromatic nitrogens is 2. The summed E-state index contributed by atoms with van der Waals surface area (Å²) >= 11 is 0. The van der Waals surface area contributed by atoms with E-state index in [4.69, 9.17) is 9.47 Å². The number of amides is 1. The molecule has 7 heteroatoms. The van der Waals surface area contributed by atoms with Crippen LogP contribution >= 0.6 is 0 Å². The van der Waals surface area contributed by atoms with E-state index in [-0.39, 0.29) is 12.7 Å². The molecular formula is C16H23N3O3Si.